The van der Waals surface area contributed by atoms with E-state index in [-0.39, 0.29) is 17.0 Å². The van der Waals surface area contributed by atoms with Crippen molar-refractivity contribution in [3.8, 4) is 0 Å². The van der Waals surface area contributed by atoms with Crippen LogP contribution in [0.2, 0.25) is 0 Å². The second-order valence-corrected chi connectivity index (χ2v) is 8.54. The molecule has 5 heteroatoms. The van der Waals surface area contributed by atoms with Crippen LogP contribution in [0.15, 0.2) is 36.7 Å². The first-order valence-corrected chi connectivity index (χ1v) is 10.5. The fourth-order valence-corrected chi connectivity index (χ4v) is 5.07. The first-order valence-electron chi connectivity index (χ1n) is 10.5. The molecule has 0 radical (unpaired) electrons. The molecule has 2 aliphatic rings. The summed E-state index contributed by atoms with van der Waals surface area (Å²) in [7, 11) is 0. The van der Waals surface area contributed by atoms with E-state index in [4.69, 9.17) is 9.72 Å². The van der Waals surface area contributed by atoms with Crippen molar-refractivity contribution in [3.63, 3.8) is 0 Å². The molecule has 1 N–H and O–H groups in total. The average Bonchev–Trinajstić information content (AvgIpc) is 3.16. The molecule has 0 aromatic carbocycles. The Labute approximate surface area is 166 Å². The second-order valence-electron chi connectivity index (χ2n) is 8.54. The van der Waals surface area contributed by atoms with Gasteiger partial charge in [-0.2, -0.15) is 4.39 Å². The number of hydrogen-bond donors (Lipinski definition) is 1. The van der Waals surface area contributed by atoms with Gasteiger partial charge in [0.05, 0.1) is 5.60 Å². The largest absolute Gasteiger partial charge is 0.375 e. The van der Waals surface area contributed by atoms with Crippen molar-refractivity contribution in [3.05, 3.63) is 59.4 Å². The molecule has 1 atom stereocenters. The summed E-state index contributed by atoms with van der Waals surface area (Å²) < 4.78 is 19.7. The highest BCUT2D eigenvalue weighted by atomic mass is 19.1. The second kappa shape index (κ2) is 8.26. The van der Waals surface area contributed by atoms with E-state index in [2.05, 4.69) is 22.4 Å². The first kappa shape index (κ1) is 19.5. The van der Waals surface area contributed by atoms with Crippen molar-refractivity contribution in [1.82, 2.24) is 15.3 Å². The number of hydrogen-bond acceptors (Lipinski definition) is 4. The maximum absolute atomic E-state index is 13.4. The van der Waals surface area contributed by atoms with Crippen LogP contribution in [0, 0.1) is 12.9 Å². The number of pyridine rings is 2. The Hall–Kier alpha value is -1.85. The molecular formula is C23H30FN3O. The lowest BCUT2D eigenvalue weighted by Gasteiger charge is -2.46. The predicted molar refractivity (Wildman–Crippen MR) is 108 cm³/mol. The lowest BCUT2D eigenvalue weighted by Crippen LogP contribution is -2.47. The molecule has 150 valence electrons. The van der Waals surface area contributed by atoms with Crippen LogP contribution in [0.25, 0.3) is 0 Å². The third kappa shape index (κ3) is 4.11. The number of rotatable bonds is 6. The maximum Gasteiger partial charge on any atom is 0.215 e. The highest BCUT2D eigenvalue weighted by molar-refractivity contribution is 5.21. The summed E-state index contributed by atoms with van der Waals surface area (Å²) in [5.74, 6) is -0.387. The zero-order valence-corrected chi connectivity index (χ0v) is 16.7. The molecule has 0 amide bonds. The van der Waals surface area contributed by atoms with Crippen molar-refractivity contribution in [2.24, 2.45) is 0 Å². The standard InChI is InChI=1S/C23H30FN3O/c1-18-14-19(16-27-21(18)24)15-25-12-9-22(20-6-2-5-11-26-20)10-13-28-23(17-22)7-3-4-8-23/h2,5-6,11,14,16,25H,3-4,7-10,12-13,15,17H2,1H3/t22-/m0/s1. The number of nitrogens with one attached hydrogen (secondary N) is 1. The van der Waals surface area contributed by atoms with Crippen molar-refractivity contribution in [1.29, 1.82) is 0 Å². The zero-order chi connectivity index (χ0) is 19.5. The van der Waals surface area contributed by atoms with Gasteiger partial charge in [0.2, 0.25) is 5.95 Å². The Balaban J connectivity index is 1.45. The van der Waals surface area contributed by atoms with E-state index < -0.39 is 0 Å². The minimum Gasteiger partial charge on any atom is -0.375 e. The Morgan fingerprint density at radius 2 is 2.04 bits per heavy atom. The van der Waals surface area contributed by atoms with Gasteiger partial charge in [0, 0.05) is 42.2 Å². The predicted octanol–water partition coefficient (Wildman–Crippen LogP) is 4.47. The topological polar surface area (TPSA) is 47.0 Å². The van der Waals surface area contributed by atoms with Crippen LogP contribution >= 0.6 is 0 Å². The molecule has 4 rings (SSSR count). The van der Waals surface area contributed by atoms with Gasteiger partial charge in [-0.3, -0.25) is 4.98 Å². The molecule has 2 aromatic heterocycles. The van der Waals surface area contributed by atoms with Crippen molar-refractivity contribution in [2.45, 2.75) is 69.4 Å². The van der Waals surface area contributed by atoms with Gasteiger partial charge in [0.1, 0.15) is 0 Å². The van der Waals surface area contributed by atoms with E-state index in [1.54, 1.807) is 13.1 Å². The molecule has 1 aliphatic heterocycles. The summed E-state index contributed by atoms with van der Waals surface area (Å²) in [6.07, 6.45) is 11.5. The van der Waals surface area contributed by atoms with Gasteiger partial charge >= 0.3 is 0 Å². The Kier molecular flexibility index (Phi) is 5.74. The van der Waals surface area contributed by atoms with Gasteiger partial charge in [-0.05, 0) is 69.3 Å². The van der Waals surface area contributed by atoms with Gasteiger partial charge in [0.15, 0.2) is 0 Å². The summed E-state index contributed by atoms with van der Waals surface area (Å²) in [6, 6.07) is 8.14. The Morgan fingerprint density at radius 1 is 1.18 bits per heavy atom. The highest BCUT2D eigenvalue weighted by Gasteiger charge is 2.48. The molecule has 4 nitrogen and oxygen atoms in total. The van der Waals surface area contributed by atoms with Gasteiger partial charge < -0.3 is 10.1 Å². The quantitative estimate of drug-likeness (QED) is 0.591. The molecule has 1 saturated carbocycles. The molecule has 2 aromatic rings. The van der Waals surface area contributed by atoms with Gasteiger partial charge in [-0.1, -0.05) is 18.9 Å². The fourth-order valence-electron chi connectivity index (χ4n) is 5.07. The number of aromatic nitrogens is 2. The van der Waals surface area contributed by atoms with Crippen molar-refractivity contribution in [2.75, 3.05) is 13.2 Å². The molecule has 0 bridgehead atoms. The number of halogens is 1. The normalized spacial score (nSPS) is 23.9. The van der Waals surface area contributed by atoms with Crippen LogP contribution in [-0.4, -0.2) is 28.7 Å². The molecule has 1 saturated heterocycles. The Morgan fingerprint density at radius 3 is 2.79 bits per heavy atom. The molecular weight excluding hydrogens is 353 g/mol. The summed E-state index contributed by atoms with van der Waals surface area (Å²) in [4.78, 5) is 8.58. The lowest BCUT2D eigenvalue weighted by atomic mass is 9.68. The van der Waals surface area contributed by atoms with E-state index in [1.165, 1.54) is 31.4 Å². The maximum atomic E-state index is 13.4. The summed E-state index contributed by atoms with van der Waals surface area (Å²) in [6.45, 7) is 4.17. The number of nitrogens with zero attached hydrogens (tertiary/aromatic N) is 2. The third-order valence-corrected chi connectivity index (χ3v) is 6.55. The lowest BCUT2D eigenvalue weighted by molar-refractivity contribution is -0.104. The average molecular weight is 384 g/mol. The van der Waals surface area contributed by atoms with Crippen molar-refractivity contribution < 1.29 is 9.13 Å². The molecule has 0 unspecified atom stereocenters. The molecule has 1 aliphatic carbocycles. The third-order valence-electron chi connectivity index (χ3n) is 6.55. The summed E-state index contributed by atoms with van der Waals surface area (Å²) >= 11 is 0. The van der Waals surface area contributed by atoms with Gasteiger partial charge in [0.25, 0.3) is 0 Å². The first-order chi connectivity index (χ1) is 13.6. The van der Waals surface area contributed by atoms with E-state index in [1.807, 2.05) is 18.3 Å². The van der Waals surface area contributed by atoms with E-state index in [0.717, 1.165) is 38.0 Å². The highest BCUT2D eigenvalue weighted by Crippen LogP contribution is 2.49. The molecule has 28 heavy (non-hydrogen) atoms. The molecule has 1 spiro atoms. The summed E-state index contributed by atoms with van der Waals surface area (Å²) in [5.41, 5.74) is 2.93. The molecule has 2 fully saturated rings. The van der Waals surface area contributed by atoms with Crippen LogP contribution < -0.4 is 5.32 Å². The summed E-state index contributed by atoms with van der Waals surface area (Å²) in [5, 5.41) is 3.54. The zero-order valence-electron chi connectivity index (χ0n) is 16.7. The van der Waals surface area contributed by atoms with Gasteiger partial charge in [-0.25, -0.2) is 4.98 Å². The van der Waals surface area contributed by atoms with Gasteiger partial charge in [-0.15, -0.1) is 0 Å². The van der Waals surface area contributed by atoms with E-state index in [9.17, 15) is 4.39 Å². The Bertz CT molecular complexity index is 792. The van der Waals surface area contributed by atoms with E-state index >= 15 is 0 Å². The number of ether oxygens (including phenoxy) is 1. The monoisotopic (exact) mass is 383 g/mol. The van der Waals surface area contributed by atoms with Crippen LogP contribution in [0.3, 0.4) is 0 Å². The van der Waals surface area contributed by atoms with Crippen LogP contribution in [-0.2, 0) is 16.7 Å². The minimum absolute atomic E-state index is 0.0494. The number of aryl methyl sites for hydroxylation is 1. The van der Waals surface area contributed by atoms with Crippen LogP contribution in [0.4, 0.5) is 4.39 Å². The SMILES string of the molecule is Cc1cc(CNCC[C@]2(c3ccccn3)CCOC3(CCCC3)C2)cnc1F. The van der Waals surface area contributed by atoms with Crippen LogP contribution in [0.5, 0.6) is 0 Å². The van der Waals surface area contributed by atoms with E-state index in [0.29, 0.717) is 12.1 Å². The fraction of sp³-hybridized carbons (Fsp3) is 0.565. The van der Waals surface area contributed by atoms with Crippen molar-refractivity contribution >= 4 is 0 Å². The minimum atomic E-state index is -0.387. The smallest absolute Gasteiger partial charge is 0.215 e. The molecule has 3 heterocycles. The van der Waals surface area contributed by atoms with Crippen LogP contribution in [0.1, 0.15) is 61.8 Å².